The van der Waals surface area contributed by atoms with E-state index in [1.165, 1.54) is 16.4 Å². The first-order valence-corrected chi connectivity index (χ1v) is 11.9. The Bertz CT molecular complexity index is 1150. The Morgan fingerprint density at radius 2 is 1.86 bits per heavy atom. The minimum Gasteiger partial charge on any atom is -0.326 e. The van der Waals surface area contributed by atoms with Crippen molar-refractivity contribution in [3.63, 3.8) is 0 Å². The molecule has 0 saturated carbocycles. The number of rotatable bonds is 4. The van der Waals surface area contributed by atoms with Gasteiger partial charge in [0.1, 0.15) is 0 Å². The summed E-state index contributed by atoms with van der Waals surface area (Å²) in [5.74, 6) is -0.306. The number of amides is 1. The third-order valence-corrected chi connectivity index (χ3v) is 8.15. The number of piperidine rings is 1. The zero-order valence-electron chi connectivity index (χ0n) is 15.8. The second-order valence-corrected chi connectivity index (χ2v) is 10.6. The van der Waals surface area contributed by atoms with Crippen LogP contribution in [0.4, 0.5) is 5.69 Å². The fourth-order valence-corrected chi connectivity index (χ4v) is 5.88. The first-order chi connectivity index (χ1) is 13.8. The number of carbonyl (C=O) groups excluding carboxylic acids is 1. The SMILES string of the molecule is Cc1nc2cc(NC(=O)C3CCN(S(=O)(=O)c4ccc(Cl)cc4)CC3)ccc2s1. The normalized spacial score (nSPS) is 16.2. The van der Waals surface area contributed by atoms with Crippen LogP contribution in [0.3, 0.4) is 0 Å². The summed E-state index contributed by atoms with van der Waals surface area (Å²) in [6.45, 7) is 2.58. The van der Waals surface area contributed by atoms with Crippen LogP contribution in [0, 0.1) is 12.8 Å². The summed E-state index contributed by atoms with van der Waals surface area (Å²) in [6, 6.07) is 11.8. The van der Waals surface area contributed by atoms with Crippen molar-refractivity contribution in [2.75, 3.05) is 18.4 Å². The molecule has 29 heavy (non-hydrogen) atoms. The summed E-state index contributed by atoms with van der Waals surface area (Å²) < 4.78 is 28.1. The van der Waals surface area contributed by atoms with E-state index in [2.05, 4.69) is 10.3 Å². The predicted molar refractivity (Wildman–Crippen MR) is 116 cm³/mol. The highest BCUT2D eigenvalue weighted by atomic mass is 35.5. The van der Waals surface area contributed by atoms with E-state index in [4.69, 9.17) is 11.6 Å². The van der Waals surface area contributed by atoms with Gasteiger partial charge >= 0.3 is 0 Å². The van der Waals surface area contributed by atoms with Crippen molar-refractivity contribution in [2.45, 2.75) is 24.7 Å². The van der Waals surface area contributed by atoms with Crippen molar-refractivity contribution in [2.24, 2.45) is 5.92 Å². The van der Waals surface area contributed by atoms with Gasteiger partial charge in [-0.05, 0) is 62.2 Å². The molecule has 4 rings (SSSR count). The fourth-order valence-electron chi connectivity index (χ4n) is 3.48. The topological polar surface area (TPSA) is 79.4 Å². The highest BCUT2D eigenvalue weighted by Crippen LogP contribution is 2.27. The molecule has 1 saturated heterocycles. The van der Waals surface area contributed by atoms with Crippen LogP contribution in [0.5, 0.6) is 0 Å². The molecule has 1 aliphatic heterocycles. The molecule has 0 bridgehead atoms. The van der Waals surface area contributed by atoms with Gasteiger partial charge in [0.05, 0.1) is 20.1 Å². The second kappa shape index (κ2) is 8.02. The lowest BCUT2D eigenvalue weighted by atomic mass is 9.97. The van der Waals surface area contributed by atoms with Crippen LogP contribution in [0.1, 0.15) is 17.8 Å². The molecule has 9 heteroatoms. The lowest BCUT2D eigenvalue weighted by molar-refractivity contribution is -0.120. The van der Waals surface area contributed by atoms with Crippen LogP contribution in [-0.4, -0.2) is 36.7 Å². The Kier molecular flexibility index (Phi) is 5.61. The van der Waals surface area contributed by atoms with E-state index < -0.39 is 10.0 Å². The van der Waals surface area contributed by atoms with Gasteiger partial charge in [-0.15, -0.1) is 11.3 Å². The Hall–Kier alpha value is -2.00. The number of thiazole rings is 1. The standard InChI is InChI=1S/C20H20ClN3O3S2/c1-13-22-18-12-16(4-7-19(18)28-13)23-20(25)14-8-10-24(11-9-14)29(26,27)17-5-2-15(21)3-6-17/h2-7,12,14H,8-11H2,1H3,(H,23,25). The molecule has 1 amide bonds. The fraction of sp³-hybridized carbons (Fsp3) is 0.300. The molecule has 1 aliphatic rings. The largest absolute Gasteiger partial charge is 0.326 e. The van der Waals surface area contributed by atoms with Crippen molar-refractivity contribution < 1.29 is 13.2 Å². The summed E-state index contributed by atoms with van der Waals surface area (Å²) in [7, 11) is -3.57. The first-order valence-electron chi connectivity index (χ1n) is 9.27. The number of benzene rings is 2. The molecular weight excluding hydrogens is 430 g/mol. The van der Waals surface area contributed by atoms with E-state index in [-0.39, 0.29) is 16.7 Å². The molecule has 6 nitrogen and oxygen atoms in total. The number of carbonyl (C=O) groups is 1. The minimum atomic E-state index is -3.57. The molecule has 0 radical (unpaired) electrons. The number of fused-ring (bicyclic) bond motifs is 1. The van der Waals surface area contributed by atoms with Gasteiger partial charge in [-0.1, -0.05) is 11.6 Å². The van der Waals surface area contributed by atoms with E-state index >= 15 is 0 Å². The van der Waals surface area contributed by atoms with Gasteiger partial charge in [-0.25, -0.2) is 13.4 Å². The molecule has 0 spiro atoms. The molecule has 1 aromatic heterocycles. The number of nitrogens with one attached hydrogen (secondary N) is 1. The maximum Gasteiger partial charge on any atom is 0.243 e. The number of anilines is 1. The number of halogens is 1. The summed E-state index contributed by atoms with van der Waals surface area (Å²) >= 11 is 7.46. The zero-order valence-corrected chi connectivity index (χ0v) is 18.1. The van der Waals surface area contributed by atoms with Gasteiger partial charge in [0.2, 0.25) is 15.9 Å². The molecule has 0 aliphatic carbocycles. The molecule has 152 valence electrons. The maximum atomic E-state index is 12.8. The van der Waals surface area contributed by atoms with E-state index in [9.17, 15) is 13.2 Å². The van der Waals surface area contributed by atoms with Crippen LogP contribution in [-0.2, 0) is 14.8 Å². The van der Waals surface area contributed by atoms with Gasteiger partial charge in [-0.2, -0.15) is 4.31 Å². The third-order valence-electron chi connectivity index (χ3n) is 5.04. The molecule has 3 aromatic rings. The van der Waals surface area contributed by atoms with E-state index in [1.54, 1.807) is 23.5 Å². The maximum absolute atomic E-state index is 12.8. The first kappa shape index (κ1) is 20.3. The van der Waals surface area contributed by atoms with Crippen LogP contribution < -0.4 is 5.32 Å². The summed E-state index contributed by atoms with van der Waals surface area (Å²) in [6.07, 6.45) is 0.966. The average Bonchev–Trinajstić information content (AvgIpc) is 3.07. The van der Waals surface area contributed by atoms with Crippen LogP contribution in [0.25, 0.3) is 10.2 Å². The summed E-state index contributed by atoms with van der Waals surface area (Å²) in [4.78, 5) is 17.3. The van der Waals surface area contributed by atoms with Crippen LogP contribution >= 0.6 is 22.9 Å². The highest BCUT2D eigenvalue weighted by molar-refractivity contribution is 7.89. The summed E-state index contributed by atoms with van der Waals surface area (Å²) in [5.41, 5.74) is 1.58. The molecule has 2 aromatic carbocycles. The number of hydrogen-bond donors (Lipinski definition) is 1. The summed E-state index contributed by atoms with van der Waals surface area (Å²) in [5, 5.41) is 4.42. The Balaban J connectivity index is 1.39. The molecule has 1 N–H and O–H groups in total. The number of hydrogen-bond acceptors (Lipinski definition) is 5. The Morgan fingerprint density at radius 1 is 1.17 bits per heavy atom. The number of aromatic nitrogens is 1. The zero-order chi connectivity index (χ0) is 20.6. The van der Waals surface area contributed by atoms with Crippen LogP contribution in [0.2, 0.25) is 5.02 Å². The predicted octanol–water partition coefficient (Wildman–Crippen LogP) is 4.30. The highest BCUT2D eigenvalue weighted by Gasteiger charge is 2.32. The van der Waals surface area contributed by atoms with Gasteiger partial charge in [0.15, 0.2) is 0 Å². The molecule has 0 atom stereocenters. The van der Waals surface area contributed by atoms with Gasteiger partial charge < -0.3 is 5.32 Å². The lowest BCUT2D eigenvalue weighted by Gasteiger charge is -2.30. The second-order valence-electron chi connectivity index (χ2n) is 7.04. The van der Waals surface area contributed by atoms with Crippen molar-refractivity contribution >= 4 is 54.8 Å². The number of aryl methyl sites for hydroxylation is 1. The number of sulfonamides is 1. The van der Waals surface area contributed by atoms with Crippen molar-refractivity contribution in [3.05, 3.63) is 52.5 Å². The van der Waals surface area contributed by atoms with E-state index in [0.717, 1.165) is 15.2 Å². The van der Waals surface area contributed by atoms with E-state index in [0.29, 0.717) is 36.6 Å². The van der Waals surface area contributed by atoms with Gasteiger partial charge in [0.25, 0.3) is 0 Å². The van der Waals surface area contributed by atoms with Crippen molar-refractivity contribution in [1.29, 1.82) is 0 Å². The number of nitrogens with zero attached hydrogens (tertiary/aromatic N) is 2. The minimum absolute atomic E-state index is 0.0835. The van der Waals surface area contributed by atoms with Gasteiger partial charge in [0, 0.05) is 29.7 Å². The average molecular weight is 450 g/mol. The molecule has 2 heterocycles. The van der Waals surface area contributed by atoms with Crippen LogP contribution in [0.15, 0.2) is 47.4 Å². The quantitative estimate of drug-likeness (QED) is 0.644. The lowest BCUT2D eigenvalue weighted by Crippen LogP contribution is -2.41. The Morgan fingerprint density at radius 3 is 2.55 bits per heavy atom. The third kappa shape index (κ3) is 4.30. The monoisotopic (exact) mass is 449 g/mol. The molecular formula is C20H20ClN3O3S2. The van der Waals surface area contributed by atoms with Gasteiger partial charge in [-0.3, -0.25) is 4.79 Å². The smallest absolute Gasteiger partial charge is 0.243 e. The molecule has 1 fully saturated rings. The Labute approximate surface area is 178 Å². The molecule has 0 unspecified atom stereocenters. The van der Waals surface area contributed by atoms with E-state index in [1.807, 2.05) is 25.1 Å². The van der Waals surface area contributed by atoms with Crippen molar-refractivity contribution in [1.82, 2.24) is 9.29 Å². The van der Waals surface area contributed by atoms with Crippen molar-refractivity contribution in [3.8, 4) is 0 Å².